The summed E-state index contributed by atoms with van der Waals surface area (Å²) < 4.78 is 9.62. The van der Waals surface area contributed by atoms with Crippen LogP contribution in [0.5, 0.6) is 11.8 Å². The van der Waals surface area contributed by atoms with Crippen molar-refractivity contribution in [3.63, 3.8) is 0 Å². The van der Waals surface area contributed by atoms with Crippen molar-refractivity contribution in [1.29, 1.82) is 0 Å². The molecule has 0 bridgehead atoms. The highest BCUT2D eigenvalue weighted by Crippen LogP contribution is 2.17. The van der Waals surface area contributed by atoms with Crippen LogP contribution in [0.1, 0.15) is 0 Å². The van der Waals surface area contributed by atoms with E-state index in [2.05, 4.69) is 9.97 Å². The van der Waals surface area contributed by atoms with E-state index in [4.69, 9.17) is 19.5 Å². The minimum Gasteiger partial charge on any atom is -0.477 e. The molecule has 1 heterocycles. The Balaban J connectivity index is 3.05. The molecule has 0 saturated carbocycles. The largest absolute Gasteiger partial charge is 0.509 e. The third kappa shape index (κ3) is 2.07. The lowest BCUT2D eigenvalue weighted by atomic mass is 9.87. The van der Waals surface area contributed by atoms with Gasteiger partial charge >= 0.3 is 7.12 Å². The molecule has 0 atom stereocenters. The molecule has 0 radical (unpaired) electrons. The van der Waals surface area contributed by atoms with Crippen LogP contribution in [0.3, 0.4) is 0 Å². The maximum atomic E-state index is 8.76. The van der Waals surface area contributed by atoms with Gasteiger partial charge in [0, 0.05) is 6.20 Å². The summed E-state index contributed by atoms with van der Waals surface area (Å²) in [5.74, 6) is 0.319. The number of nitrogens with zero attached hydrogens (tertiary/aromatic N) is 2. The lowest BCUT2D eigenvalue weighted by molar-refractivity contribution is 0.331. The quantitative estimate of drug-likeness (QED) is 0.537. The molecule has 0 amide bonds. The second-order valence-corrected chi connectivity index (χ2v) is 2.19. The van der Waals surface area contributed by atoms with Crippen molar-refractivity contribution in [3.8, 4) is 11.8 Å². The SMILES string of the molecule is COc1ncc(B(O)O)nc1OC. The van der Waals surface area contributed by atoms with Gasteiger partial charge in [-0.2, -0.15) is 0 Å². The first-order valence-corrected chi connectivity index (χ1v) is 3.50. The number of hydrogen-bond donors (Lipinski definition) is 2. The minimum absolute atomic E-state index is 0.0117. The molecular weight excluding hydrogens is 175 g/mol. The predicted octanol–water partition coefficient (Wildman–Crippen LogP) is -1.83. The molecule has 70 valence electrons. The number of aromatic nitrogens is 2. The Labute approximate surface area is 75.3 Å². The van der Waals surface area contributed by atoms with Crippen LogP contribution in [-0.2, 0) is 0 Å². The maximum Gasteiger partial charge on any atom is 0.509 e. The lowest BCUT2D eigenvalue weighted by Crippen LogP contribution is -2.33. The van der Waals surface area contributed by atoms with E-state index < -0.39 is 7.12 Å². The molecule has 1 rings (SSSR count). The second kappa shape index (κ2) is 4.06. The van der Waals surface area contributed by atoms with Gasteiger partial charge in [-0.05, 0) is 0 Å². The molecule has 0 fully saturated rings. The molecule has 1 aromatic heterocycles. The van der Waals surface area contributed by atoms with Gasteiger partial charge in [-0.1, -0.05) is 0 Å². The Morgan fingerprint density at radius 3 is 2.31 bits per heavy atom. The Bertz CT molecular complexity index is 294. The van der Waals surface area contributed by atoms with Crippen molar-refractivity contribution in [2.24, 2.45) is 0 Å². The normalized spacial score (nSPS) is 9.54. The summed E-state index contributed by atoms with van der Waals surface area (Å²) in [5.41, 5.74) is 0.0117. The van der Waals surface area contributed by atoms with Gasteiger partial charge < -0.3 is 19.5 Å². The van der Waals surface area contributed by atoms with Crippen LogP contribution in [0.25, 0.3) is 0 Å². The van der Waals surface area contributed by atoms with E-state index in [-0.39, 0.29) is 17.4 Å². The molecule has 1 aromatic rings. The Morgan fingerprint density at radius 2 is 1.85 bits per heavy atom. The average Bonchev–Trinajstić information content (AvgIpc) is 2.16. The zero-order valence-electron chi connectivity index (χ0n) is 7.26. The van der Waals surface area contributed by atoms with Crippen molar-refractivity contribution >= 4 is 12.7 Å². The van der Waals surface area contributed by atoms with Crippen LogP contribution in [-0.4, -0.2) is 41.4 Å². The molecule has 7 heteroatoms. The molecule has 2 N–H and O–H groups in total. The Morgan fingerprint density at radius 1 is 1.23 bits per heavy atom. The van der Waals surface area contributed by atoms with Crippen LogP contribution in [0.15, 0.2) is 6.20 Å². The lowest BCUT2D eigenvalue weighted by Gasteiger charge is -2.05. The molecule has 0 aromatic carbocycles. The van der Waals surface area contributed by atoms with Gasteiger partial charge in [0.05, 0.1) is 19.8 Å². The number of hydrogen-bond acceptors (Lipinski definition) is 6. The van der Waals surface area contributed by atoms with Crippen molar-refractivity contribution < 1.29 is 19.5 Å². The van der Waals surface area contributed by atoms with Gasteiger partial charge in [0.2, 0.25) is 0 Å². The summed E-state index contributed by atoms with van der Waals surface area (Å²) in [4.78, 5) is 7.51. The first kappa shape index (κ1) is 9.75. The van der Waals surface area contributed by atoms with Crippen molar-refractivity contribution in [2.45, 2.75) is 0 Å². The highest BCUT2D eigenvalue weighted by molar-refractivity contribution is 6.57. The van der Waals surface area contributed by atoms with E-state index in [0.29, 0.717) is 0 Å². The van der Waals surface area contributed by atoms with E-state index in [1.807, 2.05) is 0 Å². The summed E-state index contributed by atoms with van der Waals surface area (Å²) in [5, 5.41) is 17.5. The van der Waals surface area contributed by atoms with Crippen molar-refractivity contribution in [2.75, 3.05) is 14.2 Å². The van der Waals surface area contributed by atoms with Gasteiger partial charge in [-0.3, -0.25) is 0 Å². The number of methoxy groups -OCH3 is 2. The molecule has 0 aliphatic carbocycles. The van der Waals surface area contributed by atoms with Crippen LogP contribution in [0.4, 0.5) is 0 Å². The standard InChI is InChI=1S/C6H9BN2O4/c1-12-5-6(13-2)9-4(3-8-5)7(10)11/h3,10-11H,1-2H3. The number of ether oxygens (including phenoxy) is 2. The van der Waals surface area contributed by atoms with E-state index in [0.717, 1.165) is 0 Å². The smallest absolute Gasteiger partial charge is 0.477 e. The highest BCUT2D eigenvalue weighted by Gasteiger charge is 2.17. The second-order valence-electron chi connectivity index (χ2n) is 2.19. The summed E-state index contributed by atoms with van der Waals surface area (Å²) >= 11 is 0. The minimum atomic E-state index is -1.66. The first-order chi connectivity index (χ1) is 6.19. The molecule has 6 nitrogen and oxygen atoms in total. The molecule has 0 aliphatic rings. The molecule has 0 unspecified atom stereocenters. The molecule has 13 heavy (non-hydrogen) atoms. The average molecular weight is 184 g/mol. The fourth-order valence-electron chi connectivity index (χ4n) is 0.771. The predicted molar refractivity (Wildman–Crippen MR) is 45.0 cm³/mol. The van der Waals surface area contributed by atoms with Gasteiger partial charge in [0.25, 0.3) is 11.8 Å². The van der Waals surface area contributed by atoms with Gasteiger partial charge in [-0.15, -0.1) is 0 Å². The van der Waals surface area contributed by atoms with Crippen LogP contribution < -0.4 is 15.1 Å². The first-order valence-electron chi connectivity index (χ1n) is 3.50. The highest BCUT2D eigenvalue weighted by atomic mass is 16.5. The van der Waals surface area contributed by atoms with Crippen LogP contribution >= 0.6 is 0 Å². The van der Waals surface area contributed by atoms with Gasteiger partial charge in [-0.25, -0.2) is 9.97 Å². The fraction of sp³-hybridized carbons (Fsp3) is 0.333. The van der Waals surface area contributed by atoms with E-state index in [9.17, 15) is 0 Å². The summed E-state index contributed by atoms with van der Waals surface area (Å²) in [6, 6.07) is 0. The van der Waals surface area contributed by atoms with E-state index >= 15 is 0 Å². The zero-order chi connectivity index (χ0) is 9.84. The van der Waals surface area contributed by atoms with Gasteiger partial charge in [0.15, 0.2) is 0 Å². The fourth-order valence-corrected chi connectivity index (χ4v) is 0.771. The van der Waals surface area contributed by atoms with Gasteiger partial charge in [0.1, 0.15) is 0 Å². The number of rotatable bonds is 3. The topological polar surface area (TPSA) is 84.7 Å². The molecule has 0 spiro atoms. The Hall–Kier alpha value is -1.34. The third-order valence-electron chi connectivity index (χ3n) is 1.38. The third-order valence-corrected chi connectivity index (χ3v) is 1.38. The maximum absolute atomic E-state index is 8.76. The molecular formula is C6H9BN2O4. The molecule has 0 aliphatic heterocycles. The van der Waals surface area contributed by atoms with Crippen molar-refractivity contribution in [1.82, 2.24) is 9.97 Å². The molecule has 0 saturated heterocycles. The zero-order valence-corrected chi connectivity index (χ0v) is 7.26. The summed E-state index contributed by atoms with van der Waals surface area (Å²) in [6.07, 6.45) is 1.20. The van der Waals surface area contributed by atoms with Crippen LogP contribution in [0.2, 0.25) is 0 Å². The monoisotopic (exact) mass is 184 g/mol. The van der Waals surface area contributed by atoms with E-state index in [1.165, 1.54) is 20.4 Å². The summed E-state index contributed by atoms with van der Waals surface area (Å²) in [6.45, 7) is 0. The van der Waals surface area contributed by atoms with Crippen LogP contribution in [0, 0.1) is 0 Å². The Kier molecular flexibility index (Phi) is 3.05. The van der Waals surface area contributed by atoms with E-state index in [1.54, 1.807) is 0 Å². The summed E-state index contributed by atoms with van der Waals surface area (Å²) in [7, 11) is 1.15. The van der Waals surface area contributed by atoms with Crippen molar-refractivity contribution in [3.05, 3.63) is 6.20 Å².